The summed E-state index contributed by atoms with van der Waals surface area (Å²) in [4.78, 5) is 12.2. The van der Waals surface area contributed by atoms with Crippen LogP contribution in [-0.2, 0) is 15.6 Å². The molecule has 0 saturated heterocycles. The lowest BCUT2D eigenvalue weighted by molar-refractivity contribution is 0.102. The van der Waals surface area contributed by atoms with Crippen molar-refractivity contribution in [3.63, 3.8) is 0 Å². The Hall–Kier alpha value is -2.65. The number of nitrogens with zero attached hydrogens (tertiary/aromatic N) is 2. The molecule has 134 valence electrons. The van der Waals surface area contributed by atoms with E-state index in [1.165, 1.54) is 24.3 Å². The fourth-order valence-corrected chi connectivity index (χ4v) is 4.52. The van der Waals surface area contributed by atoms with E-state index in [-0.39, 0.29) is 15.2 Å². The predicted octanol–water partition coefficient (Wildman–Crippen LogP) is 3.21. The molecule has 0 radical (unpaired) electrons. The van der Waals surface area contributed by atoms with E-state index < -0.39 is 21.6 Å². The number of carbonyl (C=O) groups excluding carboxylic acids is 1. The predicted molar refractivity (Wildman–Crippen MR) is 96.3 cm³/mol. The van der Waals surface area contributed by atoms with Gasteiger partial charge in [-0.25, -0.2) is 12.8 Å². The molecule has 3 aromatic rings. The van der Waals surface area contributed by atoms with Gasteiger partial charge >= 0.3 is 0 Å². The van der Waals surface area contributed by atoms with Gasteiger partial charge in [-0.1, -0.05) is 41.2 Å². The Morgan fingerprint density at radius 2 is 1.88 bits per heavy atom. The van der Waals surface area contributed by atoms with Crippen LogP contribution >= 0.6 is 11.3 Å². The van der Waals surface area contributed by atoms with E-state index in [4.69, 9.17) is 0 Å². The Balaban J connectivity index is 1.74. The minimum atomic E-state index is -3.74. The van der Waals surface area contributed by atoms with Crippen molar-refractivity contribution in [1.29, 1.82) is 0 Å². The molecule has 26 heavy (non-hydrogen) atoms. The topological polar surface area (TPSA) is 89.0 Å². The van der Waals surface area contributed by atoms with Crippen molar-refractivity contribution >= 4 is 32.2 Å². The number of rotatable bonds is 5. The summed E-state index contributed by atoms with van der Waals surface area (Å²) in [6.07, 6.45) is 0. The van der Waals surface area contributed by atoms with Crippen LogP contribution in [0.25, 0.3) is 0 Å². The number of aryl methyl sites for hydroxylation is 1. The average molecular weight is 391 g/mol. The monoisotopic (exact) mass is 391 g/mol. The molecule has 0 aliphatic carbocycles. The fraction of sp³-hybridized carbons (Fsp3) is 0.118. The summed E-state index contributed by atoms with van der Waals surface area (Å²) in [7, 11) is -3.74. The van der Waals surface area contributed by atoms with Gasteiger partial charge in [0.15, 0.2) is 0 Å². The quantitative estimate of drug-likeness (QED) is 0.675. The van der Waals surface area contributed by atoms with Crippen LogP contribution in [0, 0.1) is 12.7 Å². The fourth-order valence-electron chi connectivity index (χ4n) is 2.20. The molecular formula is C17H14FN3O3S2. The maximum atomic E-state index is 12.9. The van der Waals surface area contributed by atoms with Gasteiger partial charge in [0.25, 0.3) is 5.91 Å². The van der Waals surface area contributed by atoms with Crippen LogP contribution in [0.2, 0.25) is 0 Å². The molecule has 3 rings (SSSR count). The molecule has 2 aromatic carbocycles. The Morgan fingerprint density at radius 1 is 1.15 bits per heavy atom. The third-order valence-corrected chi connectivity index (χ3v) is 6.42. The normalized spacial score (nSPS) is 11.3. The first kappa shape index (κ1) is 18.2. The first-order chi connectivity index (χ1) is 12.3. The molecule has 1 N–H and O–H groups in total. The number of sulfone groups is 1. The number of amides is 1. The minimum absolute atomic E-state index is 0.0918. The van der Waals surface area contributed by atoms with Crippen LogP contribution < -0.4 is 5.32 Å². The summed E-state index contributed by atoms with van der Waals surface area (Å²) in [6.45, 7) is 1.86. The van der Waals surface area contributed by atoms with Crippen molar-refractivity contribution in [3.05, 3.63) is 71.0 Å². The smallest absolute Gasteiger partial charge is 0.257 e. The second kappa shape index (κ2) is 7.30. The molecule has 1 aromatic heterocycles. The zero-order valence-electron chi connectivity index (χ0n) is 13.6. The Kier molecular flexibility index (Phi) is 5.10. The van der Waals surface area contributed by atoms with Gasteiger partial charge in [-0.15, -0.1) is 10.2 Å². The Labute approximate surface area is 153 Å². The summed E-state index contributed by atoms with van der Waals surface area (Å²) >= 11 is 0.773. The van der Waals surface area contributed by atoms with Crippen LogP contribution in [0.1, 0.15) is 21.5 Å². The molecule has 9 heteroatoms. The maximum absolute atomic E-state index is 12.9. The molecule has 1 heterocycles. The number of halogens is 1. The summed E-state index contributed by atoms with van der Waals surface area (Å²) in [5.41, 5.74) is 1.81. The Bertz CT molecular complexity index is 1050. The molecule has 1 amide bonds. The standard InChI is InChI=1S/C17H14FN3O3S2/c1-11-3-2-4-13(9-11)15(22)19-16-20-21-17(25-16)26(23,24)10-12-5-7-14(18)8-6-12/h2-9H,10H2,1H3,(H,19,20,22). The van der Waals surface area contributed by atoms with Crippen molar-refractivity contribution in [2.75, 3.05) is 5.32 Å². The van der Waals surface area contributed by atoms with E-state index >= 15 is 0 Å². The summed E-state index contributed by atoms with van der Waals surface area (Å²) in [5.74, 6) is -1.16. The van der Waals surface area contributed by atoms with Gasteiger partial charge in [-0.3, -0.25) is 10.1 Å². The van der Waals surface area contributed by atoms with Gasteiger partial charge in [0.2, 0.25) is 19.3 Å². The average Bonchev–Trinajstić information content (AvgIpc) is 3.06. The first-order valence-electron chi connectivity index (χ1n) is 7.52. The van der Waals surface area contributed by atoms with Crippen LogP contribution in [0.3, 0.4) is 0 Å². The van der Waals surface area contributed by atoms with Crippen molar-refractivity contribution in [1.82, 2.24) is 10.2 Å². The molecule has 0 atom stereocenters. The van der Waals surface area contributed by atoms with E-state index in [1.54, 1.807) is 18.2 Å². The second-order valence-corrected chi connectivity index (χ2v) is 8.72. The highest BCUT2D eigenvalue weighted by Crippen LogP contribution is 2.24. The summed E-state index contributed by atoms with van der Waals surface area (Å²) in [5, 5.41) is 10.0. The van der Waals surface area contributed by atoms with Crippen LogP contribution in [0.15, 0.2) is 52.9 Å². The number of anilines is 1. The largest absolute Gasteiger partial charge is 0.296 e. The van der Waals surface area contributed by atoms with E-state index in [1.807, 2.05) is 13.0 Å². The zero-order valence-corrected chi connectivity index (χ0v) is 15.3. The van der Waals surface area contributed by atoms with Crippen LogP contribution in [0.5, 0.6) is 0 Å². The van der Waals surface area contributed by atoms with Gasteiger partial charge < -0.3 is 0 Å². The molecule has 0 bridgehead atoms. The molecule has 0 spiro atoms. The number of aromatic nitrogens is 2. The lowest BCUT2D eigenvalue weighted by atomic mass is 10.1. The van der Waals surface area contributed by atoms with Gasteiger partial charge in [0.1, 0.15) is 5.82 Å². The van der Waals surface area contributed by atoms with Gasteiger partial charge in [0.05, 0.1) is 5.75 Å². The number of carbonyl (C=O) groups is 1. The number of hydrogen-bond acceptors (Lipinski definition) is 6. The molecule has 0 fully saturated rings. The Morgan fingerprint density at radius 3 is 2.58 bits per heavy atom. The molecule has 6 nitrogen and oxygen atoms in total. The van der Waals surface area contributed by atoms with Crippen molar-refractivity contribution in [2.24, 2.45) is 0 Å². The minimum Gasteiger partial charge on any atom is -0.296 e. The number of hydrogen-bond donors (Lipinski definition) is 1. The lowest BCUT2D eigenvalue weighted by Crippen LogP contribution is -2.11. The van der Waals surface area contributed by atoms with E-state index in [0.29, 0.717) is 11.1 Å². The zero-order chi connectivity index (χ0) is 18.7. The van der Waals surface area contributed by atoms with Gasteiger partial charge in [0, 0.05) is 5.56 Å². The molecule has 0 aliphatic rings. The van der Waals surface area contributed by atoms with Crippen LogP contribution in [-0.4, -0.2) is 24.5 Å². The lowest BCUT2D eigenvalue weighted by Gasteiger charge is -2.02. The van der Waals surface area contributed by atoms with Gasteiger partial charge in [-0.2, -0.15) is 0 Å². The number of benzene rings is 2. The third kappa shape index (κ3) is 4.30. The van der Waals surface area contributed by atoms with E-state index in [2.05, 4.69) is 15.5 Å². The van der Waals surface area contributed by atoms with Crippen molar-refractivity contribution in [2.45, 2.75) is 17.0 Å². The van der Waals surface area contributed by atoms with Crippen LogP contribution in [0.4, 0.5) is 9.52 Å². The SMILES string of the molecule is Cc1cccc(C(=O)Nc2nnc(S(=O)(=O)Cc3ccc(F)cc3)s2)c1. The highest BCUT2D eigenvalue weighted by molar-refractivity contribution is 7.92. The highest BCUT2D eigenvalue weighted by Gasteiger charge is 2.22. The third-order valence-electron chi connectivity index (χ3n) is 3.44. The number of nitrogens with one attached hydrogen (secondary N) is 1. The second-order valence-electron chi connectivity index (χ2n) is 5.58. The first-order valence-corrected chi connectivity index (χ1v) is 9.99. The van der Waals surface area contributed by atoms with Crippen molar-refractivity contribution < 1.29 is 17.6 Å². The molecule has 0 aliphatic heterocycles. The molecule has 0 unspecified atom stereocenters. The molecule has 0 saturated carbocycles. The maximum Gasteiger partial charge on any atom is 0.257 e. The van der Waals surface area contributed by atoms with E-state index in [9.17, 15) is 17.6 Å². The summed E-state index contributed by atoms with van der Waals surface area (Å²) in [6, 6.07) is 12.2. The highest BCUT2D eigenvalue weighted by atomic mass is 32.2. The van der Waals surface area contributed by atoms with Gasteiger partial charge in [-0.05, 0) is 36.8 Å². The van der Waals surface area contributed by atoms with E-state index in [0.717, 1.165) is 16.9 Å². The molecular weight excluding hydrogens is 377 g/mol. The van der Waals surface area contributed by atoms with Crippen molar-refractivity contribution in [3.8, 4) is 0 Å². The summed E-state index contributed by atoms with van der Waals surface area (Å²) < 4.78 is 37.5.